The van der Waals surface area contributed by atoms with E-state index >= 15 is 38.4 Å². The molecule has 0 radical (unpaired) electrons. The van der Waals surface area contributed by atoms with Crippen molar-refractivity contribution in [1.82, 2.24) is 99.2 Å². The van der Waals surface area contributed by atoms with Crippen LogP contribution >= 0.6 is 0 Å². The van der Waals surface area contributed by atoms with E-state index in [2.05, 4.69) is 89.4 Å². The Morgan fingerprint density at radius 3 is 1.01 bits per heavy atom. The maximum atomic E-state index is 16.1. The second-order valence-corrected chi connectivity index (χ2v) is 35.7. The maximum Gasteiger partial charge on any atom is 0.326 e. The Bertz CT molecular complexity index is 5590. The smallest absolute Gasteiger partial charge is 0.326 e. The molecule has 13 unspecified atom stereocenters. The number of nitrogens with zero attached hydrogens (tertiary/aromatic N) is 2. The number of nitrogens with two attached hydrogens (primary N) is 5. The average Bonchev–Trinajstić information content (AvgIpc) is 1.65. The lowest BCUT2D eigenvalue weighted by Crippen LogP contribution is -2.61. The highest BCUT2D eigenvalue weighted by Gasteiger charge is 2.44. The second-order valence-electron chi connectivity index (χ2n) is 35.7. The van der Waals surface area contributed by atoms with Crippen LogP contribution in [0.1, 0.15) is 139 Å². The van der Waals surface area contributed by atoms with E-state index < -0.39 is 155 Å². The summed E-state index contributed by atoms with van der Waals surface area (Å²) in [6.07, 6.45) is 5.53. The van der Waals surface area contributed by atoms with Gasteiger partial charge in [0.15, 0.2) is 23.8 Å². The fourth-order valence-corrected chi connectivity index (χ4v) is 17.2. The summed E-state index contributed by atoms with van der Waals surface area (Å²) in [5.41, 5.74) is 33.4. The highest BCUT2D eigenvalue weighted by Crippen LogP contribution is 2.28. The number of aliphatic carboxylic acids is 1. The molecule has 13 atom stereocenters. The summed E-state index contributed by atoms with van der Waals surface area (Å²) >= 11 is 0. The molecule has 10 rings (SSSR count). The van der Waals surface area contributed by atoms with Gasteiger partial charge in [0.25, 0.3) is 0 Å². The third-order valence-electron chi connectivity index (χ3n) is 24.5. The SMILES string of the molecule is CC(C)CC(NC(=O)C(Cc1ccccc1)NC(=O)C1CCCN1C(=O)C(Cc1c[nH]c2ccccc12)NC(=O)C(Cc1c[nH]c2ccccc12)NC(=O)C(Cc1c[nH]c2ccccc12)NC(=O)C1CCCN1C(=O)C(Cc1ccccc1)NC(=O)C(CCCNC(=N)N)NC(=O)C(CCCNC(=N)N)NC(=O)C(N)C(C)C)C(=O)NC(CCCNC(=N)N)C(=O)NC(CCCNC(=N)N)C(=O)O. The molecule has 8 aromatic rings. The van der Waals surface area contributed by atoms with Crippen molar-refractivity contribution in [3.63, 3.8) is 0 Å². The van der Waals surface area contributed by atoms with Gasteiger partial charge in [-0.1, -0.05) is 143 Å². The molecule has 2 saturated heterocycles. The van der Waals surface area contributed by atoms with Gasteiger partial charge in [-0.3, -0.25) is 79.2 Å². The molecule has 5 heterocycles. The number of carboxylic acid groups (broad SMARTS) is 1. The van der Waals surface area contributed by atoms with Gasteiger partial charge >= 0.3 is 5.97 Å². The van der Waals surface area contributed by atoms with Crippen molar-refractivity contribution in [3.8, 4) is 0 Å². The molecule has 2 aliphatic heterocycles. The summed E-state index contributed by atoms with van der Waals surface area (Å²) in [6, 6.07) is 21.6. The Morgan fingerprint density at radius 1 is 0.362 bits per heavy atom. The number of carbonyl (C=O) groups excluding carboxylic acids is 12. The fourth-order valence-electron chi connectivity index (χ4n) is 17.2. The molecule has 2 fully saturated rings. The Hall–Kier alpha value is -15.1. The maximum absolute atomic E-state index is 16.1. The second kappa shape index (κ2) is 51.5. The molecule has 2 aliphatic rings. The molecule has 42 nitrogen and oxygen atoms in total. The first-order chi connectivity index (χ1) is 66.1. The van der Waals surface area contributed by atoms with Crippen molar-refractivity contribution in [2.75, 3.05) is 39.3 Å². The number of rotatable bonds is 52. The molecule has 0 aliphatic carbocycles. The number of para-hydroxylation sites is 3. The first kappa shape index (κ1) is 105. The van der Waals surface area contributed by atoms with Crippen LogP contribution < -0.4 is 103 Å². The van der Waals surface area contributed by atoms with Crippen LogP contribution in [0.4, 0.5) is 0 Å². The summed E-state index contributed by atoms with van der Waals surface area (Å²) < 4.78 is 0. The number of benzene rings is 5. The van der Waals surface area contributed by atoms with Crippen LogP contribution in [0.15, 0.2) is 152 Å². The number of aromatic nitrogens is 3. The zero-order valence-corrected chi connectivity index (χ0v) is 78.1. The van der Waals surface area contributed by atoms with Gasteiger partial charge < -0.3 is 133 Å². The lowest BCUT2D eigenvalue weighted by Gasteiger charge is -2.32. The van der Waals surface area contributed by atoms with Gasteiger partial charge in [0.2, 0.25) is 70.9 Å². The minimum absolute atomic E-state index is 0.00422. The molecule has 0 bridgehead atoms. The standard InChI is InChI=1S/C96H132N28O14/c1-54(2)45-71(83(128)114-67(33-17-39-106-93(98)99)81(126)116-70(92(137)138)36-20-42-109-96(104)105)117-84(129)72(46-56-23-7-5-8-24-56)119-87(132)77-37-22-44-124(77)91(136)76(50-60-53-112-66-32-16-13-29-63(60)66)122-86(131)73(48-58-51-110-64-30-14-11-27-61(58)64)118-85(130)74(49-59-52-111-65-31-15-12-28-62(59)65)120-88(133)78-38-21-43-123(78)90(135)75(47-57-25-9-6-10-26-57)121-82(127)68(34-18-40-107-94(100)101)113-80(125)69(35-19-41-108-95(102)103)115-89(134)79(97)55(3)4/h5-16,23-32,51-55,67-79,110-112H,17-22,33-50,97H2,1-4H3,(H,113,125)(H,114,128)(H,115,134)(H,116,126)(H,117,129)(H,118,130)(H,119,132)(H,120,133)(H,121,127)(H,122,131)(H,137,138)(H4,98,99,106)(H4,100,101,107)(H4,102,103,108)(H4,104,105,109). The van der Waals surface area contributed by atoms with Crippen molar-refractivity contribution in [2.45, 2.75) is 222 Å². The predicted octanol–water partition coefficient (Wildman–Crippen LogP) is 0.641. The predicted molar refractivity (Wildman–Crippen MR) is 522 cm³/mol. The van der Waals surface area contributed by atoms with Gasteiger partial charge in [0.1, 0.15) is 72.5 Å². The van der Waals surface area contributed by atoms with Crippen LogP contribution in [0.25, 0.3) is 32.7 Å². The van der Waals surface area contributed by atoms with Crippen molar-refractivity contribution in [1.29, 1.82) is 21.6 Å². The fraction of sp³-hybridized carbons (Fsp3) is 0.448. The third kappa shape index (κ3) is 31.0. The Morgan fingerprint density at radius 2 is 0.645 bits per heavy atom. The largest absolute Gasteiger partial charge is 0.480 e. The van der Waals surface area contributed by atoms with Crippen LogP contribution in [-0.2, 0) is 94.4 Å². The number of guanidine groups is 4. The van der Waals surface area contributed by atoms with Gasteiger partial charge in [-0.15, -0.1) is 0 Å². The number of fused-ring (bicyclic) bond motifs is 3. The van der Waals surface area contributed by atoms with E-state index in [-0.39, 0.29) is 191 Å². The van der Waals surface area contributed by atoms with E-state index in [0.717, 1.165) is 0 Å². The molecule has 138 heavy (non-hydrogen) atoms. The number of aromatic amines is 3. The average molecular weight is 1900 g/mol. The number of likely N-dealkylation sites (tertiary alicyclic amines) is 2. The highest BCUT2D eigenvalue weighted by atomic mass is 16.4. The first-order valence-electron chi connectivity index (χ1n) is 46.8. The van der Waals surface area contributed by atoms with Crippen LogP contribution in [-0.4, -0.2) is 248 Å². The van der Waals surface area contributed by atoms with E-state index in [1.165, 1.54) is 9.80 Å². The number of hydrogen-bond acceptors (Lipinski definition) is 18. The van der Waals surface area contributed by atoms with Crippen molar-refractivity contribution < 1.29 is 67.4 Å². The number of amides is 12. The normalized spacial score (nSPS) is 15.9. The molecular weight excluding hydrogens is 1770 g/mol. The van der Waals surface area contributed by atoms with Crippen LogP contribution in [0, 0.1) is 33.5 Å². The van der Waals surface area contributed by atoms with Crippen LogP contribution in [0.5, 0.6) is 0 Å². The van der Waals surface area contributed by atoms with E-state index in [1.807, 2.05) is 60.7 Å². The molecule has 5 aromatic carbocycles. The van der Waals surface area contributed by atoms with Gasteiger partial charge in [-0.05, 0) is 141 Å². The summed E-state index contributed by atoms with van der Waals surface area (Å²) in [5.74, 6) is -12.7. The van der Waals surface area contributed by atoms with E-state index in [1.54, 1.807) is 119 Å². The number of nitrogens with one attached hydrogen (secondary N) is 21. The molecule has 740 valence electrons. The summed E-state index contributed by atoms with van der Waals surface area (Å²) in [6.45, 7) is 7.55. The van der Waals surface area contributed by atoms with E-state index in [9.17, 15) is 29.1 Å². The quantitative estimate of drug-likeness (QED) is 0.0141. The first-order valence-corrected chi connectivity index (χ1v) is 46.8. The monoisotopic (exact) mass is 1900 g/mol. The van der Waals surface area contributed by atoms with E-state index in [4.69, 9.17) is 50.3 Å². The van der Waals surface area contributed by atoms with Gasteiger partial charge in [-0.25, -0.2) is 4.79 Å². The molecule has 42 heteroatoms. The minimum atomic E-state index is -1.55. The van der Waals surface area contributed by atoms with E-state index in [0.29, 0.717) is 60.5 Å². The Kier molecular flexibility index (Phi) is 39.2. The van der Waals surface area contributed by atoms with Gasteiger partial charge in [0.05, 0.1) is 6.04 Å². The molecular formula is C96H132N28O14. The topological polar surface area (TPSA) is 690 Å². The lowest BCUT2D eigenvalue weighted by atomic mass is 9.99. The highest BCUT2D eigenvalue weighted by molar-refractivity contribution is 6.02. The molecule has 0 saturated carbocycles. The Balaban J connectivity index is 0.934. The van der Waals surface area contributed by atoms with Gasteiger partial charge in [-0.2, -0.15) is 0 Å². The molecule has 32 N–H and O–H groups in total. The number of carbonyl (C=O) groups is 13. The lowest BCUT2D eigenvalue weighted by molar-refractivity contribution is -0.143. The van der Waals surface area contributed by atoms with Gasteiger partial charge in [0, 0.05) is 123 Å². The third-order valence-corrected chi connectivity index (χ3v) is 24.5. The number of hydrogen-bond donors (Lipinski definition) is 27. The summed E-state index contributed by atoms with van der Waals surface area (Å²) in [5, 5.41) is 81.8. The van der Waals surface area contributed by atoms with Crippen molar-refractivity contribution >= 4 is 133 Å². The van der Waals surface area contributed by atoms with Crippen LogP contribution in [0.3, 0.4) is 0 Å². The number of H-pyrrole nitrogens is 3. The molecule has 3 aromatic heterocycles. The number of carboxylic acids is 1. The Labute approximate surface area is 799 Å². The van der Waals surface area contributed by atoms with Crippen molar-refractivity contribution in [3.05, 3.63) is 180 Å². The summed E-state index contributed by atoms with van der Waals surface area (Å²) in [7, 11) is 0. The minimum Gasteiger partial charge on any atom is -0.480 e. The van der Waals surface area contributed by atoms with Crippen LogP contribution in [0.2, 0.25) is 0 Å². The molecule has 12 amide bonds. The zero-order chi connectivity index (χ0) is 99.6. The van der Waals surface area contributed by atoms with Crippen molar-refractivity contribution in [2.24, 2.45) is 40.5 Å². The zero-order valence-electron chi connectivity index (χ0n) is 78.1. The molecule has 0 spiro atoms. The summed E-state index contributed by atoms with van der Waals surface area (Å²) in [4.78, 5) is 207.